The SMILES string of the molecule is Cc1ccc(-c2nnc(CNc3ccc(N4CCN(C)CC4)cc3)o2)cc1. The van der Waals surface area contributed by atoms with Crippen LogP contribution in [0, 0.1) is 6.92 Å². The number of hydrogen-bond donors (Lipinski definition) is 1. The van der Waals surface area contributed by atoms with E-state index in [4.69, 9.17) is 4.42 Å². The average Bonchev–Trinajstić information content (AvgIpc) is 3.17. The van der Waals surface area contributed by atoms with Crippen LogP contribution in [-0.4, -0.2) is 48.3 Å². The molecule has 2 heterocycles. The third kappa shape index (κ3) is 4.28. The Morgan fingerprint density at radius 1 is 0.926 bits per heavy atom. The van der Waals surface area contributed by atoms with E-state index in [0.717, 1.165) is 37.4 Å². The van der Waals surface area contributed by atoms with Gasteiger partial charge in [0.15, 0.2) is 0 Å². The van der Waals surface area contributed by atoms with Gasteiger partial charge in [0.25, 0.3) is 0 Å². The van der Waals surface area contributed by atoms with Gasteiger partial charge in [-0.05, 0) is 50.4 Å². The number of nitrogens with zero attached hydrogens (tertiary/aromatic N) is 4. The zero-order valence-corrected chi connectivity index (χ0v) is 15.9. The molecule has 1 aromatic heterocycles. The van der Waals surface area contributed by atoms with Gasteiger partial charge in [0.1, 0.15) is 0 Å². The van der Waals surface area contributed by atoms with Crippen molar-refractivity contribution in [1.29, 1.82) is 0 Å². The molecule has 6 heteroatoms. The summed E-state index contributed by atoms with van der Waals surface area (Å²) in [4.78, 5) is 4.79. The molecule has 0 spiro atoms. The number of anilines is 2. The summed E-state index contributed by atoms with van der Waals surface area (Å²) < 4.78 is 5.76. The fourth-order valence-electron chi connectivity index (χ4n) is 3.17. The van der Waals surface area contributed by atoms with E-state index in [-0.39, 0.29) is 0 Å². The van der Waals surface area contributed by atoms with Crippen LogP contribution in [0.5, 0.6) is 0 Å². The summed E-state index contributed by atoms with van der Waals surface area (Å²) >= 11 is 0. The fourth-order valence-corrected chi connectivity index (χ4v) is 3.17. The van der Waals surface area contributed by atoms with Crippen LogP contribution in [0.1, 0.15) is 11.5 Å². The van der Waals surface area contributed by atoms with Gasteiger partial charge in [0, 0.05) is 43.1 Å². The second-order valence-corrected chi connectivity index (χ2v) is 7.06. The van der Waals surface area contributed by atoms with Crippen LogP contribution < -0.4 is 10.2 Å². The van der Waals surface area contributed by atoms with Gasteiger partial charge in [-0.25, -0.2) is 0 Å². The zero-order valence-electron chi connectivity index (χ0n) is 15.9. The van der Waals surface area contributed by atoms with Crippen molar-refractivity contribution in [3.8, 4) is 11.5 Å². The summed E-state index contributed by atoms with van der Waals surface area (Å²) in [6.07, 6.45) is 0. The van der Waals surface area contributed by atoms with Gasteiger partial charge < -0.3 is 19.5 Å². The highest BCUT2D eigenvalue weighted by molar-refractivity contribution is 5.55. The van der Waals surface area contributed by atoms with Gasteiger partial charge in [-0.2, -0.15) is 0 Å². The minimum Gasteiger partial charge on any atom is -0.419 e. The molecular weight excluding hydrogens is 338 g/mol. The topological polar surface area (TPSA) is 57.4 Å². The Bertz CT molecular complexity index is 864. The number of likely N-dealkylation sites (N-methyl/N-ethyl adjacent to an activating group) is 1. The third-order valence-corrected chi connectivity index (χ3v) is 4.94. The van der Waals surface area contributed by atoms with Crippen LogP contribution in [0.25, 0.3) is 11.5 Å². The van der Waals surface area contributed by atoms with Gasteiger partial charge in [-0.1, -0.05) is 17.7 Å². The number of benzene rings is 2. The standard InChI is InChI=1S/C21H25N5O/c1-16-3-5-17(6-4-16)21-24-23-20(27-21)15-22-18-7-9-19(10-8-18)26-13-11-25(2)12-14-26/h3-10,22H,11-15H2,1-2H3. The van der Waals surface area contributed by atoms with Crippen molar-refractivity contribution < 1.29 is 4.42 Å². The van der Waals surface area contributed by atoms with Crippen molar-refractivity contribution in [3.05, 3.63) is 60.0 Å². The Balaban J connectivity index is 1.34. The average molecular weight is 363 g/mol. The summed E-state index contributed by atoms with van der Waals surface area (Å²) in [5.74, 6) is 1.13. The molecule has 27 heavy (non-hydrogen) atoms. The van der Waals surface area contributed by atoms with Crippen molar-refractivity contribution in [1.82, 2.24) is 15.1 Å². The molecule has 3 aromatic rings. The molecule has 1 aliphatic rings. The van der Waals surface area contributed by atoms with E-state index in [0.29, 0.717) is 18.3 Å². The molecule has 0 aliphatic carbocycles. The van der Waals surface area contributed by atoms with E-state index in [1.54, 1.807) is 0 Å². The summed E-state index contributed by atoms with van der Waals surface area (Å²) in [6.45, 7) is 6.94. The molecule has 1 fully saturated rings. The third-order valence-electron chi connectivity index (χ3n) is 4.94. The number of aromatic nitrogens is 2. The Morgan fingerprint density at radius 2 is 1.63 bits per heavy atom. The Labute approximate surface area is 159 Å². The highest BCUT2D eigenvalue weighted by atomic mass is 16.4. The van der Waals surface area contributed by atoms with Crippen molar-refractivity contribution in [2.75, 3.05) is 43.4 Å². The fraction of sp³-hybridized carbons (Fsp3) is 0.333. The maximum atomic E-state index is 5.76. The number of nitrogens with one attached hydrogen (secondary N) is 1. The Morgan fingerprint density at radius 3 is 2.33 bits per heavy atom. The lowest BCUT2D eigenvalue weighted by Gasteiger charge is -2.34. The first-order valence-electron chi connectivity index (χ1n) is 9.34. The molecule has 0 saturated carbocycles. The van der Waals surface area contributed by atoms with Crippen molar-refractivity contribution in [2.45, 2.75) is 13.5 Å². The molecule has 0 radical (unpaired) electrons. The van der Waals surface area contributed by atoms with E-state index in [1.807, 2.05) is 24.3 Å². The second kappa shape index (κ2) is 7.80. The maximum absolute atomic E-state index is 5.76. The van der Waals surface area contributed by atoms with Gasteiger partial charge in [-0.15, -0.1) is 10.2 Å². The summed E-state index contributed by atoms with van der Waals surface area (Å²) in [5.41, 5.74) is 4.46. The maximum Gasteiger partial charge on any atom is 0.247 e. The molecule has 0 atom stereocenters. The first-order chi connectivity index (χ1) is 13.2. The smallest absolute Gasteiger partial charge is 0.247 e. The van der Waals surface area contributed by atoms with Crippen molar-refractivity contribution in [2.24, 2.45) is 0 Å². The van der Waals surface area contributed by atoms with Gasteiger partial charge in [0.05, 0.1) is 6.54 Å². The number of piperazine rings is 1. The van der Waals surface area contributed by atoms with E-state index < -0.39 is 0 Å². The Kier molecular flexibility index (Phi) is 5.07. The van der Waals surface area contributed by atoms with Crippen molar-refractivity contribution >= 4 is 11.4 Å². The number of rotatable bonds is 5. The molecule has 1 N–H and O–H groups in total. The molecule has 1 aliphatic heterocycles. The Hall–Kier alpha value is -2.86. The summed E-state index contributed by atoms with van der Waals surface area (Å²) in [6, 6.07) is 16.6. The normalized spacial score (nSPS) is 15.1. The predicted molar refractivity (Wildman–Crippen MR) is 108 cm³/mol. The van der Waals surface area contributed by atoms with Crippen LogP contribution in [-0.2, 0) is 6.54 Å². The lowest BCUT2D eigenvalue weighted by atomic mass is 10.1. The monoisotopic (exact) mass is 363 g/mol. The molecule has 140 valence electrons. The number of aryl methyl sites for hydroxylation is 1. The van der Waals surface area contributed by atoms with E-state index in [2.05, 4.69) is 63.6 Å². The van der Waals surface area contributed by atoms with E-state index in [9.17, 15) is 0 Å². The quantitative estimate of drug-likeness (QED) is 0.750. The van der Waals surface area contributed by atoms with E-state index in [1.165, 1.54) is 11.3 Å². The highest BCUT2D eigenvalue weighted by Crippen LogP contribution is 2.21. The minimum absolute atomic E-state index is 0.507. The highest BCUT2D eigenvalue weighted by Gasteiger charge is 2.14. The molecule has 0 amide bonds. The van der Waals surface area contributed by atoms with E-state index >= 15 is 0 Å². The lowest BCUT2D eigenvalue weighted by Crippen LogP contribution is -2.44. The van der Waals surface area contributed by atoms with Gasteiger partial charge >= 0.3 is 0 Å². The molecule has 2 aromatic carbocycles. The van der Waals surface area contributed by atoms with Crippen LogP contribution in [0.3, 0.4) is 0 Å². The van der Waals surface area contributed by atoms with Crippen LogP contribution >= 0.6 is 0 Å². The van der Waals surface area contributed by atoms with Gasteiger partial charge in [0.2, 0.25) is 11.8 Å². The second-order valence-electron chi connectivity index (χ2n) is 7.06. The molecule has 0 bridgehead atoms. The predicted octanol–water partition coefficient (Wildman–Crippen LogP) is 3.41. The summed E-state index contributed by atoms with van der Waals surface area (Å²) in [7, 11) is 2.17. The molecule has 6 nitrogen and oxygen atoms in total. The molecular formula is C21H25N5O. The molecule has 1 saturated heterocycles. The first-order valence-corrected chi connectivity index (χ1v) is 9.34. The van der Waals surface area contributed by atoms with Gasteiger partial charge in [-0.3, -0.25) is 0 Å². The largest absolute Gasteiger partial charge is 0.419 e. The molecule has 4 rings (SSSR count). The zero-order chi connectivity index (χ0) is 18.6. The number of hydrogen-bond acceptors (Lipinski definition) is 6. The van der Waals surface area contributed by atoms with Crippen LogP contribution in [0.15, 0.2) is 52.9 Å². The summed E-state index contributed by atoms with van der Waals surface area (Å²) in [5, 5.41) is 11.6. The molecule has 0 unspecified atom stereocenters. The lowest BCUT2D eigenvalue weighted by molar-refractivity contribution is 0.313. The van der Waals surface area contributed by atoms with Crippen molar-refractivity contribution in [3.63, 3.8) is 0 Å². The van der Waals surface area contributed by atoms with Crippen LogP contribution in [0.4, 0.5) is 11.4 Å². The minimum atomic E-state index is 0.507. The van der Waals surface area contributed by atoms with Crippen LogP contribution in [0.2, 0.25) is 0 Å². The first kappa shape index (κ1) is 17.5.